The first-order chi connectivity index (χ1) is 14.3. The molecule has 6 nitrogen and oxygen atoms in total. The van der Waals surface area contributed by atoms with E-state index >= 15 is 0 Å². The smallest absolute Gasteiger partial charge is 0.434 e. The van der Waals surface area contributed by atoms with Crippen molar-refractivity contribution in [3.8, 4) is 39.6 Å². The summed E-state index contributed by atoms with van der Waals surface area (Å²) in [5.74, 6) is 0.213. The number of benzene rings is 2. The quantitative estimate of drug-likeness (QED) is 0.494. The van der Waals surface area contributed by atoms with Crippen LogP contribution < -0.4 is 4.74 Å². The predicted octanol–water partition coefficient (Wildman–Crippen LogP) is 4.97. The summed E-state index contributed by atoms with van der Waals surface area (Å²) in [6.07, 6.45) is -2.07. The van der Waals surface area contributed by atoms with Crippen LogP contribution in [-0.4, -0.2) is 32.2 Å². The Morgan fingerprint density at radius 3 is 2.43 bits per heavy atom. The number of aromatic hydroxyl groups is 1. The van der Waals surface area contributed by atoms with Crippen molar-refractivity contribution < 1.29 is 23.0 Å². The highest BCUT2D eigenvalue weighted by molar-refractivity contribution is 5.86. The number of halogens is 3. The lowest BCUT2D eigenvalue weighted by Gasteiger charge is -2.12. The van der Waals surface area contributed by atoms with Crippen LogP contribution in [0.1, 0.15) is 11.3 Å². The molecule has 9 heteroatoms. The molecule has 0 saturated heterocycles. The first-order valence-corrected chi connectivity index (χ1v) is 8.94. The lowest BCUT2D eigenvalue weighted by molar-refractivity contribution is -0.142. The van der Waals surface area contributed by atoms with Crippen LogP contribution in [0.25, 0.3) is 28.1 Å². The number of aromatic amines is 1. The van der Waals surface area contributed by atoms with Crippen LogP contribution in [0.3, 0.4) is 0 Å². The van der Waals surface area contributed by atoms with Gasteiger partial charge in [0.2, 0.25) is 0 Å². The highest BCUT2D eigenvalue weighted by atomic mass is 19.4. The molecule has 0 bridgehead atoms. The number of alkyl halides is 3. The number of rotatable bonds is 4. The van der Waals surface area contributed by atoms with Crippen molar-refractivity contribution in [3.05, 3.63) is 66.1 Å². The van der Waals surface area contributed by atoms with Crippen molar-refractivity contribution in [1.82, 2.24) is 20.0 Å². The largest absolute Gasteiger partial charge is 0.507 e. The first kappa shape index (κ1) is 19.6. The van der Waals surface area contributed by atoms with Gasteiger partial charge in [0.1, 0.15) is 17.2 Å². The van der Waals surface area contributed by atoms with E-state index in [-0.39, 0.29) is 33.8 Å². The fourth-order valence-electron chi connectivity index (χ4n) is 3.38. The maximum absolute atomic E-state index is 14.2. The van der Waals surface area contributed by atoms with Crippen LogP contribution in [0.4, 0.5) is 13.2 Å². The van der Waals surface area contributed by atoms with Gasteiger partial charge in [0.25, 0.3) is 0 Å². The Morgan fingerprint density at radius 2 is 1.83 bits per heavy atom. The summed E-state index contributed by atoms with van der Waals surface area (Å²) in [4.78, 5) is 0. The lowest BCUT2D eigenvalue weighted by atomic mass is 9.98. The normalized spacial score (nSPS) is 11.6. The summed E-state index contributed by atoms with van der Waals surface area (Å²) in [5.41, 5.74) is -0.160. The van der Waals surface area contributed by atoms with Gasteiger partial charge in [0.05, 0.1) is 19.0 Å². The van der Waals surface area contributed by atoms with Crippen LogP contribution in [0.2, 0.25) is 0 Å². The summed E-state index contributed by atoms with van der Waals surface area (Å²) in [6.45, 7) is 1.62. The molecule has 0 fully saturated rings. The molecule has 0 unspecified atom stereocenters. The van der Waals surface area contributed by atoms with E-state index in [0.717, 1.165) is 4.68 Å². The van der Waals surface area contributed by atoms with Gasteiger partial charge in [-0.15, -0.1) is 0 Å². The highest BCUT2D eigenvalue weighted by Crippen LogP contribution is 2.46. The van der Waals surface area contributed by atoms with Crippen LogP contribution in [-0.2, 0) is 6.18 Å². The van der Waals surface area contributed by atoms with E-state index in [1.807, 2.05) is 0 Å². The molecule has 0 radical (unpaired) electrons. The van der Waals surface area contributed by atoms with Crippen molar-refractivity contribution in [2.75, 3.05) is 7.11 Å². The Labute approximate surface area is 169 Å². The average molecular weight is 414 g/mol. The fourth-order valence-corrected chi connectivity index (χ4v) is 3.38. The van der Waals surface area contributed by atoms with E-state index in [2.05, 4.69) is 15.3 Å². The van der Waals surface area contributed by atoms with Crippen LogP contribution in [0.15, 0.2) is 54.9 Å². The van der Waals surface area contributed by atoms with Crippen molar-refractivity contribution in [2.24, 2.45) is 0 Å². The number of hydrogen-bond acceptors (Lipinski definition) is 4. The Bertz CT molecular complexity index is 1180. The molecule has 0 saturated carbocycles. The maximum atomic E-state index is 14.2. The monoisotopic (exact) mass is 414 g/mol. The molecular weight excluding hydrogens is 397 g/mol. The van der Waals surface area contributed by atoms with Gasteiger partial charge in [0.15, 0.2) is 5.69 Å². The molecule has 0 aliphatic rings. The van der Waals surface area contributed by atoms with Gasteiger partial charge in [0, 0.05) is 28.5 Å². The zero-order valence-electron chi connectivity index (χ0n) is 16.0. The molecule has 4 aromatic rings. The Hall–Kier alpha value is -3.75. The van der Waals surface area contributed by atoms with E-state index in [0.29, 0.717) is 11.3 Å². The summed E-state index contributed by atoms with van der Waals surface area (Å²) in [6, 6.07) is 11.1. The molecule has 2 aromatic heterocycles. The number of para-hydroxylation sites is 1. The molecule has 4 rings (SSSR count). The van der Waals surface area contributed by atoms with E-state index in [1.54, 1.807) is 31.2 Å². The van der Waals surface area contributed by atoms with Crippen molar-refractivity contribution in [3.63, 3.8) is 0 Å². The second-order valence-corrected chi connectivity index (χ2v) is 6.59. The van der Waals surface area contributed by atoms with Gasteiger partial charge < -0.3 is 9.84 Å². The molecule has 0 aliphatic heterocycles. The third-order valence-electron chi connectivity index (χ3n) is 4.80. The van der Waals surface area contributed by atoms with Gasteiger partial charge in [-0.05, 0) is 31.2 Å². The number of ether oxygens (including phenoxy) is 1. The second-order valence-electron chi connectivity index (χ2n) is 6.59. The van der Waals surface area contributed by atoms with E-state index in [9.17, 15) is 18.3 Å². The molecule has 2 N–H and O–H groups in total. The average Bonchev–Trinajstić information content (AvgIpc) is 3.38. The number of H-pyrrole nitrogens is 1. The van der Waals surface area contributed by atoms with E-state index < -0.39 is 11.9 Å². The number of hydrogen-bond donors (Lipinski definition) is 2. The van der Waals surface area contributed by atoms with Gasteiger partial charge in [-0.3, -0.25) is 5.10 Å². The molecular formula is C21H17F3N4O2. The zero-order valence-corrected chi connectivity index (χ0v) is 16.0. The number of phenols is 1. The Balaban J connectivity index is 2.10. The standard InChI is InChI=1S/C21H17F3N4O2/c1-12-16(30-2)9-8-15(19(12)29)18-17(13-10-25-26-11-13)20(21(22,23)24)28(27-18)14-6-4-3-5-7-14/h3-11,29H,1-2H3,(H,25,26). The summed E-state index contributed by atoms with van der Waals surface area (Å²) in [5, 5.41) is 21.3. The molecule has 2 heterocycles. The van der Waals surface area contributed by atoms with Crippen LogP contribution in [0.5, 0.6) is 11.5 Å². The molecule has 30 heavy (non-hydrogen) atoms. The highest BCUT2D eigenvalue weighted by Gasteiger charge is 2.41. The van der Waals surface area contributed by atoms with Crippen molar-refractivity contribution in [1.29, 1.82) is 0 Å². The summed E-state index contributed by atoms with van der Waals surface area (Å²) >= 11 is 0. The lowest BCUT2D eigenvalue weighted by Crippen LogP contribution is -2.14. The second kappa shape index (κ2) is 7.25. The van der Waals surface area contributed by atoms with Gasteiger partial charge in [-0.2, -0.15) is 23.4 Å². The van der Waals surface area contributed by atoms with Gasteiger partial charge in [-0.1, -0.05) is 18.2 Å². The minimum absolute atomic E-state index is 0.0177. The minimum Gasteiger partial charge on any atom is -0.507 e. The number of nitrogens with zero attached hydrogens (tertiary/aromatic N) is 3. The SMILES string of the molecule is COc1ccc(-c2nn(-c3ccccc3)c(C(F)(F)F)c2-c2cn[nH]c2)c(O)c1C. The van der Waals surface area contributed by atoms with E-state index in [4.69, 9.17) is 4.74 Å². The number of nitrogens with one attached hydrogen (secondary N) is 1. The number of methoxy groups -OCH3 is 1. The molecule has 0 aliphatic carbocycles. The van der Waals surface area contributed by atoms with Crippen LogP contribution >= 0.6 is 0 Å². The van der Waals surface area contributed by atoms with E-state index in [1.165, 1.54) is 37.7 Å². The third-order valence-corrected chi connectivity index (χ3v) is 4.80. The molecule has 0 amide bonds. The molecule has 154 valence electrons. The number of phenolic OH excluding ortho intramolecular Hbond substituents is 1. The summed E-state index contributed by atoms with van der Waals surface area (Å²) in [7, 11) is 1.45. The third kappa shape index (κ3) is 3.18. The fraction of sp³-hybridized carbons (Fsp3) is 0.143. The Morgan fingerprint density at radius 1 is 1.10 bits per heavy atom. The van der Waals surface area contributed by atoms with Crippen molar-refractivity contribution in [2.45, 2.75) is 13.1 Å². The number of aromatic nitrogens is 4. The van der Waals surface area contributed by atoms with Gasteiger partial charge in [-0.25, -0.2) is 4.68 Å². The minimum atomic E-state index is -4.72. The maximum Gasteiger partial charge on any atom is 0.434 e. The first-order valence-electron chi connectivity index (χ1n) is 8.94. The Kier molecular flexibility index (Phi) is 4.73. The van der Waals surface area contributed by atoms with Crippen LogP contribution in [0, 0.1) is 6.92 Å². The topological polar surface area (TPSA) is 76.0 Å². The molecule has 2 aromatic carbocycles. The summed E-state index contributed by atoms with van der Waals surface area (Å²) < 4.78 is 48.8. The molecule has 0 spiro atoms. The zero-order chi connectivity index (χ0) is 21.5. The van der Waals surface area contributed by atoms with Gasteiger partial charge >= 0.3 is 6.18 Å². The predicted molar refractivity (Wildman–Crippen MR) is 105 cm³/mol. The van der Waals surface area contributed by atoms with Crippen molar-refractivity contribution >= 4 is 0 Å². The molecule has 0 atom stereocenters.